The van der Waals surface area contributed by atoms with E-state index in [1.165, 1.54) is 26.4 Å². The van der Waals surface area contributed by atoms with E-state index in [1.807, 2.05) is 0 Å². The maximum absolute atomic E-state index is 12.5. The Balaban J connectivity index is 1.84. The summed E-state index contributed by atoms with van der Waals surface area (Å²) in [4.78, 5) is 8.79. The second-order valence-electron chi connectivity index (χ2n) is 7.13. The van der Waals surface area contributed by atoms with Crippen molar-refractivity contribution in [2.45, 2.75) is 45.0 Å². The van der Waals surface area contributed by atoms with Crippen molar-refractivity contribution in [2.24, 2.45) is 5.92 Å². The minimum Gasteiger partial charge on any atom is -0.496 e. The first-order valence-electron chi connectivity index (χ1n) is 9.40. The predicted molar refractivity (Wildman–Crippen MR) is 102 cm³/mol. The molecule has 1 saturated carbocycles. The van der Waals surface area contributed by atoms with Gasteiger partial charge in [-0.05, 0) is 43.7 Å². The number of hydrogen-bond donors (Lipinski definition) is 1. The molecule has 1 aliphatic rings. The van der Waals surface area contributed by atoms with Crippen molar-refractivity contribution in [3.8, 4) is 28.5 Å². The van der Waals surface area contributed by atoms with Gasteiger partial charge >= 0.3 is 6.36 Å². The molecule has 0 spiro atoms. The number of rotatable bonds is 6. The first-order chi connectivity index (χ1) is 13.8. The fraction of sp³-hybridized carbons (Fsp3) is 0.500. The van der Waals surface area contributed by atoms with Gasteiger partial charge in [-0.3, -0.25) is 0 Å². The number of ether oxygens (including phenoxy) is 3. The van der Waals surface area contributed by atoms with E-state index in [0.717, 1.165) is 37.7 Å². The number of benzene rings is 1. The van der Waals surface area contributed by atoms with Gasteiger partial charge in [0.25, 0.3) is 0 Å². The van der Waals surface area contributed by atoms with Crippen LogP contribution in [0.4, 0.5) is 19.1 Å². The number of nitrogens with zero attached hydrogens (tertiary/aromatic N) is 2. The molecular weight excluding hydrogens is 387 g/mol. The molecule has 6 nitrogen and oxygen atoms in total. The highest BCUT2D eigenvalue weighted by molar-refractivity contribution is 5.75. The molecular formula is C20H24F3N3O3. The number of hydrogen-bond acceptors (Lipinski definition) is 6. The number of anilines is 1. The zero-order valence-electron chi connectivity index (χ0n) is 16.5. The van der Waals surface area contributed by atoms with Crippen LogP contribution in [0.2, 0.25) is 0 Å². The second-order valence-corrected chi connectivity index (χ2v) is 7.13. The van der Waals surface area contributed by atoms with E-state index in [1.54, 1.807) is 6.20 Å². The van der Waals surface area contributed by atoms with Crippen LogP contribution in [0.1, 0.15) is 32.6 Å². The van der Waals surface area contributed by atoms with Gasteiger partial charge in [-0.15, -0.1) is 13.2 Å². The number of alkyl halides is 3. The fourth-order valence-electron chi connectivity index (χ4n) is 3.45. The normalized spacial score (nSPS) is 19.5. The van der Waals surface area contributed by atoms with Crippen LogP contribution in [0.3, 0.4) is 0 Å². The number of aromatic nitrogens is 2. The summed E-state index contributed by atoms with van der Waals surface area (Å²) in [7, 11) is 2.84. The van der Waals surface area contributed by atoms with Crippen LogP contribution in [0.25, 0.3) is 11.1 Å². The average molecular weight is 411 g/mol. The van der Waals surface area contributed by atoms with E-state index in [4.69, 9.17) is 9.47 Å². The Labute approximate surface area is 167 Å². The molecule has 0 radical (unpaired) electrons. The second kappa shape index (κ2) is 8.75. The lowest BCUT2D eigenvalue weighted by molar-refractivity contribution is -0.274. The minimum absolute atomic E-state index is 0.190. The van der Waals surface area contributed by atoms with Gasteiger partial charge in [-0.2, -0.15) is 4.98 Å². The SMILES string of the molecule is COc1cc(OC(F)(F)F)ccc1-c1cnc(N[C@H]2CC[C@H](C)CC2)nc1OC. The Morgan fingerprint density at radius 1 is 1.03 bits per heavy atom. The molecule has 1 N–H and O–H groups in total. The highest BCUT2D eigenvalue weighted by atomic mass is 19.4. The molecule has 1 heterocycles. The quantitative estimate of drug-likeness (QED) is 0.718. The van der Waals surface area contributed by atoms with Gasteiger partial charge < -0.3 is 19.5 Å². The van der Waals surface area contributed by atoms with Crippen molar-refractivity contribution in [1.82, 2.24) is 9.97 Å². The number of methoxy groups -OCH3 is 2. The summed E-state index contributed by atoms with van der Waals surface area (Å²) in [6, 6.07) is 4.14. The maximum Gasteiger partial charge on any atom is 0.573 e. The lowest BCUT2D eigenvalue weighted by Gasteiger charge is -2.27. The van der Waals surface area contributed by atoms with Crippen molar-refractivity contribution < 1.29 is 27.4 Å². The van der Waals surface area contributed by atoms with Crippen LogP contribution in [-0.4, -0.2) is 36.6 Å². The Hall–Kier alpha value is -2.71. The van der Waals surface area contributed by atoms with Crippen molar-refractivity contribution in [1.29, 1.82) is 0 Å². The monoisotopic (exact) mass is 411 g/mol. The molecule has 3 rings (SSSR count). The van der Waals surface area contributed by atoms with Crippen LogP contribution in [0.15, 0.2) is 24.4 Å². The molecule has 1 aromatic carbocycles. The molecule has 0 saturated heterocycles. The van der Waals surface area contributed by atoms with Crippen LogP contribution in [0.5, 0.6) is 17.4 Å². The predicted octanol–water partition coefficient (Wildman–Crippen LogP) is 5.05. The molecule has 9 heteroatoms. The largest absolute Gasteiger partial charge is 0.573 e. The molecule has 158 valence electrons. The Morgan fingerprint density at radius 2 is 1.76 bits per heavy atom. The third-order valence-corrected chi connectivity index (χ3v) is 4.99. The summed E-state index contributed by atoms with van der Waals surface area (Å²) in [6.07, 6.45) is 1.23. The Morgan fingerprint density at radius 3 is 2.38 bits per heavy atom. The fourth-order valence-corrected chi connectivity index (χ4v) is 3.45. The van der Waals surface area contributed by atoms with E-state index < -0.39 is 6.36 Å². The lowest BCUT2D eigenvalue weighted by atomic mass is 9.87. The first kappa shape index (κ1) is 21.0. The van der Waals surface area contributed by atoms with E-state index in [-0.39, 0.29) is 11.5 Å². The molecule has 0 aliphatic heterocycles. The summed E-state index contributed by atoms with van der Waals surface area (Å²) in [5.41, 5.74) is 1.00. The molecule has 2 aromatic rings. The molecule has 29 heavy (non-hydrogen) atoms. The molecule has 1 fully saturated rings. The molecule has 1 aromatic heterocycles. The van der Waals surface area contributed by atoms with Crippen LogP contribution < -0.4 is 19.5 Å². The van der Waals surface area contributed by atoms with Crippen molar-refractivity contribution in [3.63, 3.8) is 0 Å². The van der Waals surface area contributed by atoms with Crippen molar-refractivity contribution in [2.75, 3.05) is 19.5 Å². The number of halogens is 3. The van der Waals surface area contributed by atoms with Crippen LogP contribution in [-0.2, 0) is 0 Å². The molecule has 0 bridgehead atoms. The van der Waals surface area contributed by atoms with Gasteiger partial charge in [0.05, 0.1) is 19.8 Å². The van der Waals surface area contributed by atoms with Crippen LogP contribution >= 0.6 is 0 Å². The van der Waals surface area contributed by atoms with Gasteiger partial charge in [0.1, 0.15) is 11.5 Å². The van der Waals surface area contributed by atoms with Crippen molar-refractivity contribution >= 4 is 5.95 Å². The zero-order chi connectivity index (χ0) is 21.0. The van der Waals surface area contributed by atoms with Gasteiger partial charge in [0.2, 0.25) is 11.8 Å². The maximum atomic E-state index is 12.5. The zero-order valence-corrected chi connectivity index (χ0v) is 16.5. The molecule has 0 amide bonds. The van der Waals surface area contributed by atoms with Gasteiger partial charge in [0, 0.05) is 23.9 Å². The highest BCUT2D eigenvalue weighted by Crippen LogP contribution is 2.38. The third-order valence-electron chi connectivity index (χ3n) is 4.99. The van der Waals surface area contributed by atoms with Crippen molar-refractivity contribution in [3.05, 3.63) is 24.4 Å². The Bertz CT molecular complexity index is 837. The number of nitrogens with one attached hydrogen (secondary N) is 1. The molecule has 0 unspecified atom stereocenters. The minimum atomic E-state index is -4.78. The molecule has 0 atom stereocenters. The topological polar surface area (TPSA) is 65.5 Å². The van der Waals surface area contributed by atoms with Gasteiger partial charge in [-0.25, -0.2) is 4.98 Å². The van der Waals surface area contributed by atoms with E-state index in [2.05, 4.69) is 26.9 Å². The summed E-state index contributed by atoms with van der Waals surface area (Å²) in [5.74, 6) is 1.32. The van der Waals surface area contributed by atoms with Crippen LogP contribution in [0, 0.1) is 5.92 Å². The summed E-state index contributed by atoms with van der Waals surface area (Å²) >= 11 is 0. The van der Waals surface area contributed by atoms with E-state index in [9.17, 15) is 13.2 Å². The summed E-state index contributed by atoms with van der Waals surface area (Å²) in [5, 5.41) is 3.34. The lowest BCUT2D eigenvalue weighted by Crippen LogP contribution is -2.26. The van der Waals surface area contributed by atoms with E-state index >= 15 is 0 Å². The third kappa shape index (κ3) is 5.42. The first-order valence-corrected chi connectivity index (χ1v) is 9.40. The standard InChI is InChI=1S/C20H24F3N3O3/c1-12-4-6-13(7-5-12)25-19-24-11-16(18(26-19)28-3)15-9-8-14(10-17(15)27-2)29-20(21,22)23/h8-13H,4-7H2,1-3H3,(H,24,25,26)/t12-,13-. The Kier molecular flexibility index (Phi) is 6.34. The molecule has 1 aliphatic carbocycles. The highest BCUT2D eigenvalue weighted by Gasteiger charge is 2.31. The average Bonchev–Trinajstić information content (AvgIpc) is 2.68. The van der Waals surface area contributed by atoms with Gasteiger partial charge in [0.15, 0.2) is 0 Å². The summed E-state index contributed by atoms with van der Waals surface area (Å²) < 4.78 is 52.0. The van der Waals surface area contributed by atoms with Gasteiger partial charge in [-0.1, -0.05) is 6.92 Å². The van der Waals surface area contributed by atoms with E-state index in [0.29, 0.717) is 29.0 Å². The smallest absolute Gasteiger partial charge is 0.496 e. The summed E-state index contributed by atoms with van der Waals surface area (Å²) in [6.45, 7) is 2.25.